The van der Waals surface area contributed by atoms with Crippen molar-refractivity contribution in [2.24, 2.45) is 0 Å². The molecule has 0 atom stereocenters. The molecule has 0 aliphatic heterocycles. The average Bonchev–Trinajstić information content (AvgIpc) is 3.26. The minimum absolute atomic E-state index is 0.910. The van der Waals surface area contributed by atoms with E-state index in [4.69, 9.17) is 4.42 Å². The van der Waals surface area contributed by atoms with Crippen molar-refractivity contribution in [3.63, 3.8) is 0 Å². The molecule has 0 aliphatic carbocycles. The van der Waals surface area contributed by atoms with E-state index >= 15 is 0 Å². The second-order valence-corrected chi connectivity index (χ2v) is 8.44. The van der Waals surface area contributed by atoms with Crippen LogP contribution in [0.2, 0.25) is 0 Å². The molecule has 0 radical (unpaired) electrons. The fourth-order valence-electron chi connectivity index (χ4n) is 4.87. The summed E-state index contributed by atoms with van der Waals surface area (Å²) in [6, 6.07) is 30.1. The Hall–Kier alpha value is -3.30. The van der Waals surface area contributed by atoms with Gasteiger partial charge in [0.2, 0.25) is 0 Å². The van der Waals surface area contributed by atoms with Gasteiger partial charge in [0.15, 0.2) is 5.58 Å². The quantitative estimate of drug-likeness (QED) is 0.235. The molecule has 4 aromatic carbocycles. The minimum atomic E-state index is 0.910. The van der Waals surface area contributed by atoms with Crippen LogP contribution in [0.5, 0.6) is 0 Å². The highest BCUT2D eigenvalue weighted by Gasteiger charge is 2.20. The van der Waals surface area contributed by atoms with Crippen LogP contribution in [0.1, 0.15) is 0 Å². The van der Waals surface area contributed by atoms with E-state index in [9.17, 15) is 0 Å². The van der Waals surface area contributed by atoms with Gasteiger partial charge < -0.3 is 8.82 Å². The van der Waals surface area contributed by atoms with Crippen LogP contribution in [0.25, 0.3) is 60.0 Å². The van der Waals surface area contributed by atoms with Gasteiger partial charge in [-0.25, -0.2) is 0 Å². The molecule has 136 valence electrons. The summed E-state index contributed by atoms with van der Waals surface area (Å²) in [7, 11) is 0. The zero-order valence-electron chi connectivity index (χ0n) is 15.3. The summed E-state index contributed by atoms with van der Waals surface area (Å²) < 4.78 is 9.88. The van der Waals surface area contributed by atoms with E-state index < -0.39 is 0 Å². The van der Waals surface area contributed by atoms with Crippen LogP contribution in [0, 0.1) is 0 Å². The van der Waals surface area contributed by atoms with Crippen LogP contribution in [-0.2, 0) is 0 Å². The Morgan fingerprint density at radius 3 is 1.97 bits per heavy atom. The van der Waals surface area contributed by atoms with Crippen molar-refractivity contribution in [2.75, 3.05) is 0 Å². The number of furan rings is 1. The maximum Gasteiger partial charge on any atom is 0.161 e. The molecule has 7 aromatic rings. The van der Waals surface area contributed by atoms with Gasteiger partial charge in [-0.1, -0.05) is 70.5 Å². The third-order valence-corrected chi connectivity index (χ3v) is 6.45. The first-order valence-electron chi connectivity index (χ1n) is 9.65. The maximum atomic E-state index is 6.48. The van der Waals surface area contributed by atoms with Crippen molar-refractivity contribution >= 4 is 76.0 Å². The minimum Gasteiger partial charge on any atom is -0.454 e. The molecule has 29 heavy (non-hydrogen) atoms. The molecule has 0 spiro atoms. The van der Waals surface area contributed by atoms with E-state index in [-0.39, 0.29) is 0 Å². The molecule has 0 fully saturated rings. The maximum absolute atomic E-state index is 6.48. The first-order chi connectivity index (χ1) is 14.3. The van der Waals surface area contributed by atoms with Gasteiger partial charge in [-0.05, 0) is 46.5 Å². The molecule has 2 nitrogen and oxygen atoms in total. The number of hydrogen-bond donors (Lipinski definition) is 0. The molecule has 3 heteroatoms. The zero-order chi connectivity index (χ0) is 19.1. The Kier molecular flexibility index (Phi) is 2.90. The van der Waals surface area contributed by atoms with Crippen molar-refractivity contribution < 1.29 is 4.42 Å². The van der Waals surface area contributed by atoms with E-state index in [0.717, 1.165) is 26.5 Å². The largest absolute Gasteiger partial charge is 0.454 e. The average molecular weight is 436 g/mol. The van der Waals surface area contributed by atoms with E-state index in [1.54, 1.807) is 0 Å². The molecular formula is C26H14BrNO. The van der Waals surface area contributed by atoms with Crippen LogP contribution in [-0.4, -0.2) is 4.40 Å². The summed E-state index contributed by atoms with van der Waals surface area (Å²) in [4.78, 5) is 0. The van der Waals surface area contributed by atoms with E-state index in [1.165, 1.54) is 38.0 Å². The molecular weight excluding hydrogens is 422 g/mol. The first kappa shape index (κ1) is 15.6. The van der Waals surface area contributed by atoms with Crippen molar-refractivity contribution in [1.82, 2.24) is 4.40 Å². The van der Waals surface area contributed by atoms with Crippen LogP contribution in [0.4, 0.5) is 0 Å². The van der Waals surface area contributed by atoms with Gasteiger partial charge in [-0.15, -0.1) is 0 Å². The van der Waals surface area contributed by atoms with Gasteiger partial charge in [-0.3, -0.25) is 0 Å². The van der Waals surface area contributed by atoms with Crippen LogP contribution in [0.15, 0.2) is 93.8 Å². The molecule has 0 amide bonds. The summed E-state index contributed by atoms with van der Waals surface area (Å²) in [6.07, 6.45) is 0. The van der Waals surface area contributed by atoms with Crippen molar-refractivity contribution in [3.8, 4) is 0 Å². The van der Waals surface area contributed by atoms with Gasteiger partial charge in [0.25, 0.3) is 0 Å². The fraction of sp³-hybridized carbons (Fsp3) is 0. The second-order valence-electron chi connectivity index (χ2n) is 7.52. The molecule has 0 saturated heterocycles. The Morgan fingerprint density at radius 2 is 1.21 bits per heavy atom. The van der Waals surface area contributed by atoms with Crippen molar-refractivity contribution in [3.05, 3.63) is 89.4 Å². The topological polar surface area (TPSA) is 17.6 Å². The lowest BCUT2D eigenvalue weighted by molar-refractivity contribution is 0.673. The lowest BCUT2D eigenvalue weighted by atomic mass is 10.0. The first-order valence-corrected chi connectivity index (χ1v) is 10.4. The summed E-state index contributed by atoms with van der Waals surface area (Å²) in [5, 5.41) is 7.20. The Morgan fingerprint density at radius 1 is 0.621 bits per heavy atom. The molecule has 0 bridgehead atoms. The number of rotatable bonds is 0. The lowest BCUT2D eigenvalue weighted by Gasteiger charge is -2.09. The second kappa shape index (κ2) is 5.40. The number of para-hydroxylation sites is 2. The zero-order valence-corrected chi connectivity index (χ0v) is 16.9. The normalized spacial score (nSPS) is 12.3. The Balaban J connectivity index is 2.03. The molecule has 0 N–H and O–H groups in total. The number of fused-ring (bicyclic) bond motifs is 8. The van der Waals surface area contributed by atoms with Crippen molar-refractivity contribution in [1.29, 1.82) is 0 Å². The van der Waals surface area contributed by atoms with Crippen LogP contribution >= 0.6 is 15.9 Å². The number of nitrogens with zero attached hydrogens (tertiary/aromatic N) is 1. The monoisotopic (exact) mass is 435 g/mol. The fourth-order valence-corrected chi connectivity index (χ4v) is 5.30. The molecule has 3 heterocycles. The summed E-state index contributed by atoms with van der Waals surface area (Å²) >= 11 is 3.70. The number of aromatic nitrogens is 1. The van der Waals surface area contributed by atoms with Gasteiger partial charge in [0, 0.05) is 15.2 Å². The number of benzene rings is 4. The molecule has 0 saturated carbocycles. The van der Waals surface area contributed by atoms with Crippen molar-refractivity contribution in [2.45, 2.75) is 0 Å². The third-order valence-electron chi connectivity index (χ3n) is 6.00. The van der Waals surface area contributed by atoms with E-state index in [2.05, 4.69) is 105 Å². The molecule has 0 unspecified atom stereocenters. The third kappa shape index (κ3) is 1.91. The highest BCUT2D eigenvalue weighted by molar-refractivity contribution is 9.10. The summed E-state index contributed by atoms with van der Waals surface area (Å²) in [6.45, 7) is 0. The van der Waals surface area contributed by atoms with Gasteiger partial charge in [0.05, 0.1) is 16.4 Å². The van der Waals surface area contributed by atoms with Gasteiger partial charge >= 0.3 is 0 Å². The molecule has 3 aromatic heterocycles. The predicted octanol–water partition coefficient (Wildman–Crippen LogP) is 8.06. The van der Waals surface area contributed by atoms with E-state index in [1.807, 2.05) is 0 Å². The molecule has 7 rings (SSSR count). The van der Waals surface area contributed by atoms with Gasteiger partial charge in [-0.2, -0.15) is 0 Å². The predicted molar refractivity (Wildman–Crippen MR) is 125 cm³/mol. The number of hydrogen-bond acceptors (Lipinski definition) is 1. The lowest BCUT2D eigenvalue weighted by Crippen LogP contribution is -1.88. The number of halogens is 1. The SMILES string of the molecule is Brc1cc2oc3c4ccccc4n4c5ccccc5c5ccccc5c(c1)c2c34. The van der Waals surface area contributed by atoms with Crippen LogP contribution in [0.3, 0.4) is 0 Å². The van der Waals surface area contributed by atoms with Crippen LogP contribution < -0.4 is 0 Å². The van der Waals surface area contributed by atoms with Gasteiger partial charge in [0.1, 0.15) is 11.1 Å². The summed E-state index contributed by atoms with van der Waals surface area (Å²) in [5.74, 6) is 0. The molecule has 0 aliphatic rings. The smallest absolute Gasteiger partial charge is 0.161 e. The Labute approximate surface area is 174 Å². The highest BCUT2D eigenvalue weighted by atomic mass is 79.9. The summed E-state index contributed by atoms with van der Waals surface area (Å²) in [5.41, 5.74) is 5.36. The standard InChI is InChI=1S/C26H14BrNO/c27-15-13-20-17-8-2-1-7-16(17)18-9-3-5-11-21(18)28-22-12-6-4-10-19(22)26-25(28)24(20)23(14-15)29-26/h1-14H. The Bertz CT molecular complexity index is 1770. The van der Waals surface area contributed by atoms with E-state index in [0.29, 0.717) is 0 Å². The highest BCUT2D eigenvalue weighted by Crippen LogP contribution is 2.43.